The van der Waals surface area contributed by atoms with E-state index in [9.17, 15) is 4.79 Å². The minimum absolute atomic E-state index is 0.122. The number of carbonyl (C=O) groups excluding carboxylic acids is 1. The van der Waals surface area contributed by atoms with Gasteiger partial charge in [0.1, 0.15) is 11.4 Å². The van der Waals surface area contributed by atoms with E-state index in [0.29, 0.717) is 24.7 Å². The van der Waals surface area contributed by atoms with E-state index in [0.717, 1.165) is 25.7 Å². The molecule has 118 valence electrons. The fourth-order valence-electron chi connectivity index (χ4n) is 3.05. The molecule has 0 spiro atoms. The second kappa shape index (κ2) is 7.16. The lowest BCUT2D eigenvalue weighted by Crippen LogP contribution is -2.31. The first-order valence-electron chi connectivity index (χ1n) is 8.13. The maximum Gasteiger partial charge on any atom is 0.237 e. The molecule has 21 heavy (non-hydrogen) atoms. The molecule has 1 fully saturated rings. The summed E-state index contributed by atoms with van der Waals surface area (Å²) in [6.45, 7) is 6.30. The topological polar surface area (TPSA) is 65.2 Å². The Balaban J connectivity index is 2.25. The van der Waals surface area contributed by atoms with Crippen LogP contribution in [-0.4, -0.2) is 22.5 Å². The standard InChI is InChI=1S/C16H26N2O3/c1-4-13(19)12(3)14-17-15(18-21-14)16(20-5-2)10-8-6-7-9-11-16/h12H,4-11H2,1-3H3. The van der Waals surface area contributed by atoms with Crippen LogP contribution >= 0.6 is 0 Å². The van der Waals surface area contributed by atoms with Gasteiger partial charge in [0, 0.05) is 13.0 Å². The number of ketones is 1. The predicted molar refractivity (Wildman–Crippen MR) is 79.0 cm³/mol. The second-order valence-electron chi connectivity index (χ2n) is 5.84. The largest absolute Gasteiger partial charge is 0.367 e. The van der Waals surface area contributed by atoms with Crippen LogP contribution in [0.25, 0.3) is 0 Å². The van der Waals surface area contributed by atoms with Crippen LogP contribution in [0.2, 0.25) is 0 Å². The Labute approximate surface area is 126 Å². The number of ether oxygens (including phenoxy) is 1. The van der Waals surface area contributed by atoms with E-state index in [4.69, 9.17) is 9.26 Å². The van der Waals surface area contributed by atoms with Crippen molar-refractivity contribution < 1.29 is 14.1 Å². The lowest BCUT2D eigenvalue weighted by Gasteiger charge is -2.29. The molecule has 1 aliphatic rings. The van der Waals surface area contributed by atoms with Crippen molar-refractivity contribution in [3.8, 4) is 0 Å². The highest BCUT2D eigenvalue weighted by molar-refractivity contribution is 5.83. The summed E-state index contributed by atoms with van der Waals surface area (Å²) in [6, 6.07) is 0. The van der Waals surface area contributed by atoms with Gasteiger partial charge in [0.05, 0.1) is 5.92 Å². The molecule has 1 heterocycles. The molecule has 1 aromatic heterocycles. The molecule has 1 aliphatic carbocycles. The summed E-state index contributed by atoms with van der Waals surface area (Å²) in [4.78, 5) is 16.3. The van der Waals surface area contributed by atoms with Gasteiger partial charge in [-0.1, -0.05) is 37.8 Å². The zero-order valence-electron chi connectivity index (χ0n) is 13.4. The van der Waals surface area contributed by atoms with Crippen LogP contribution in [0.3, 0.4) is 0 Å². The summed E-state index contributed by atoms with van der Waals surface area (Å²) in [5, 5.41) is 4.15. The lowest BCUT2D eigenvalue weighted by atomic mass is 9.93. The van der Waals surface area contributed by atoms with E-state index in [1.165, 1.54) is 12.8 Å². The zero-order valence-corrected chi connectivity index (χ0v) is 13.4. The number of rotatable bonds is 6. The molecule has 0 aromatic carbocycles. The summed E-state index contributed by atoms with van der Waals surface area (Å²) in [7, 11) is 0. The number of aromatic nitrogens is 2. The highest BCUT2D eigenvalue weighted by Gasteiger charge is 2.39. The van der Waals surface area contributed by atoms with Gasteiger partial charge >= 0.3 is 0 Å². The summed E-state index contributed by atoms with van der Waals surface area (Å²) in [5.41, 5.74) is -0.429. The maximum atomic E-state index is 11.8. The normalized spacial score (nSPS) is 20.0. The first-order valence-corrected chi connectivity index (χ1v) is 8.13. The molecule has 0 aliphatic heterocycles. The van der Waals surface area contributed by atoms with Gasteiger partial charge in [0.25, 0.3) is 0 Å². The van der Waals surface area contributed by atoms with Gasteiger partial charge in [-0.05, 0) is 26.7 Å². The van der Waals surface area contributed by atoms with Crippen molar-refractivity contribution in [2.75, 3.05) is 6.61 Å². The molecule has 0 amide bonds. The molecule has 0 N–H and O–H groups in total. The second-order valence-corrected chi connectivity index (χ2v) is 5.84. The highest BCUT2D eigenvalue weighted by atomic mass is 16.5. The van der Waals surface area contributed by atoms with E-state index < -0.39 is 5.60 Å². The maximum absolute atomic E-state index is 11.8. The third kappa shape index (κ3) is 3.51. The van der Waals surface area contributed by atoms with Crippen LogP contribution in [0.4, 0.5) is 0 Å². The first-order chi connectivity index (χ1) is 10.1. The summed E-state index contributed by atoms with van der Waals surface area (Å²) in [5.74, 6) is 0.828. The summed E-state index contributed by atoms with van der Waals surface area (Å²) >= 11 is 0. The minimum atomic E-state index is -0.429. The molecule has 1 atom stereocenters. The van der Waals surface area contributed by atoms with E-state index in [1.807, 2.05) is 20.8 Å². The Morgan fingerprint density at radius 1 is 1.29 bits per heavy atom. The van der Waals surface area contributed by atoms with Crippen molar-refractivity contribution in [3.05, 3.63) is 11.7 Å². The fourth-order valence-corrected chi connectivity index (χ4v) is 3.05. The number of carbonyl (C=O) groups is 1. The molecule has 1 saturated carbocycles. The molecule has 0 bridgehead atoms. The molecular formula is C16H26N2O3. The molecule has 2 rings (SSSR count). The van der Waals surface area contributed by atoms with Crippen LogP contribution in [0.1, 0.15) is 83.3 Å². The number of nitrogens with zero attached hydrogens (tertiary/aromatic N) is 2. The number of Topliss-reactive ketones (excluding diaryl/α,β-unsaturated/α-hetero) is 1. The van der Waals surface area contributed by atoms with Crippen LogP contribution < -0.4 is 0 Å². The van der Waals surface area contributed by atoms with Crippen molar-refractivity contribution in [2.45, 2.75) is 77.2 Å². The van der Waals surface area contributed by atoms with Crippen LogP contribution in [0.15, 0.2) is 4.52 Å². The lowest BCUT2D eigenvalue weighted by molar-refractivity contribution is -0.120. The summed E-state index contributed by atoms with van der Waals surface area (Å²) < 4.78 is 11.4. The first kappa shape index (κ1) is 16.1. The molecule has 1 aromatic rings. The number of hydrogen-bond acceptors (Lipinski definition) is 5. The third-order valence-corrected chi connectivity index (χ3v) is 4.38. The Hall–Kier alpha value is -1.23. The van der Waals surface area contributed by atoms with E-state index in [-0.39, 0.29) is 11.7 Å². The van der Waals surface area contributed by atoms with E-state index >= 15 is 0 Å². The van der Waals surface area contributed by atoms with Crippen molar-refractivity contribution in [3.63, 3.8) is 0 Å². The van der Waals surface area contributed by atoms with Crippen molar-refractivity contribution in [1.82, 2.24) is 10.1 Å². The Morgan fingerprint density at radius 3 is 2.52 bits per heavy atom. The molecule has 0 saturated heterocycles. The monoisotopic (exact) mass is 294 g/mol. The van der Waals surface area contributed by atoms with Crippen molar-refractivity contribution >= 4 is 5.78 Å². The minimum Gasteiger partial charge on any atom is -0.367 e. The van der Waals surface area contributed by atoms with Crippen molar-refractivity contribution in [1.29, 1.82) is 0 Å². The zero-order chi connectivity index (χ0) is 15.3. The highest BCUT2D eigenvalue weighted by Crippen LogP contribution is 2.38. The summed E-state index contributed by atoms with van der Waals surface area (Å²) in [6.07, 6.45) is 7.02. The van der Waals surface area contributed by atoms with Gasteiger partial charge in [-0.2, -0.15) is 4.98 Å². The molecule has 1 unspecified atom stereocenters. The van der Waals surface area contributed by atoms with Gasteiger partial charge in [-0.25, -0.2) is 0 Å². The molecule has 0 radical (unpaired) electrons. The van der Waals surface area contributed by atoms with E-state index in [1.54, 1.807) is 0 Å². The molecular weight excluding hydrogens is 268 g/mol. The Kier molecular flexibility index (Phi) is 5.51. The van der Waals surface area contributed by atoms with Gasteiger partial charge < -0.3 is 9.26 Å². The van der Waals surface area contributed by atoms with Crippen LogP contribution in [0, 0.1) is 0 Å². The van der Waals surface area contributed by atoms with Gasteiger partial charge in [-0.3, -0.25) is 4.79 Å². The van der Waals surface area contributed by atoms with Crippen LogP contribution in [0.5, 0.6) is 0 Å². The predicted octanol–water partition coefficient (Wildman–Crippen LogP) is 3.74. The SMILES string of the molecule is CCOC1(c2noc(C(C)C(=O)CC)n2)CCCCCC1. The van der Waals surface area contributed by atoms with Crippen molar-refractivity contribution in [2.24, 2.45) is 0 Å². The molecule has 5 nitrogen and oxygen atoms in total. The Bertz CT molecular complexity index is 462. The molecule has 5 heteroatoms. The fraction of sp³-hybridized carbons (Fsp3) is 0.812. The average molecular weight is 294 g/mol. The third-order valence-electron chi connectivity index (χ3n) is 4.38. The van der Waals surface area contributed by atoms with Gasteiger partial charge in [0.15, 0.2) is 0 Å². The van der Waals surface area contributed by atoms with Crippen LogP contribution in [-0.2, 0) is 15.1 Å². The average Bonchev–Trinajstić information content (AvgIpc) is 2.88. The smallest absolute Gasteiger partial charge is 0.237 e. The number of hydrogen-bond donors (Lipinski definition) is 0. The van der Waals surface area contributed by atoms with Gasteiger partial charge in [-0.15, -0.1) is 0 Å². The quantitative estimate of drug-likeness (QED) is 0.748. The Morgan fingerprint density at radius 2 is 1.95 bits per heavy atom. The van der Waals surface area contributed by atoms with E-state index in [2.05, 4.69) is 10.1 Å². The van der Waals surface area contributed by atoms with Gasteiger partial charge in [0.2, 0.25) is 11.7 Å².